The van der Waals surface area contributed by atoms with Crippen molar-refractivity contribution in [1.29, 1.82) is 0 Å². The van der Waals surface area contributed by atoms with Crippen molar-refractivity contribution in [3.8, 4) is 0 Å². The molecule has 0 saturated carbocycles. The monoisotopic (exact) mass is 312 g/mol. The van der Waals surface area contributed by atoms with Crippen molar-refractivity contribution in [2.24, 2.45) is 0 Å². The molecule has 6 heteroatoms. The van der Waals surface area contributed by atoms with Crippen LogP contribution < -0.4 is 0 Å². The van der Waals surface area contributed by atoms with Crippen LogP contribution in [0, 0.1) is 0 Å². The second-order valence-electron chi connectivity index (χ2n) is 5.14. The van der Waals surface area contributed by atoms with Gasteiger partial charge in [0.1, 0.15) is 4.88 Å². The van der Waals surface area contributed by atoms with Gasteiger partial charge in [-0.3, -0.25) is 0 Å². The average molecular weight is 312 g/mol. The zero-order valence-corrected chi connectivity index (χ0v) is 13.4. The van der Waals surface area contributed by atoms with Gasteiger partial charge in [0.05, 0.1) is 11.9 Å². The molecule has 0 amide bonds. The molecule has 0 aliphatic carbocycles. The molecule has 0 aliphatic heterocycles. The lowest BCUT2D eigenvalue weighted by Gasteiger charge is -2.23. The highest BCUT2D eigenvalue weighted by atomic mass is 32.2. The molecule has 2 rings (SSSR count). The quantitative estimate of drug-likeness (QED) is 0.818. The third kappa shape index (κ3) is 2.45. The Morgan fingerprint density at radius 1 is 1.25 bits per heavy atom. The summed E-state index contributed by atoms with van der Waals surface area (Å²) in [7, 11) is -1.89. The number of esters is 1. The second kappa shape index (κ2) is 4.86. The van der Waals surface area contributed by atoms with Crippen molar-refractivity contribution in [3.05, 3.63) is 34.7 Å². The third-order valence-electron chi connectivity index (χ3n) is 3.53. The van der Waals surface area contributed by atoms with E-state index < -0.39 is 14.6 Å². The number of hydrogen-bond acceptors (Lipinski definition) is 5. The number of sulfone groups is 1. The minimum Gasteiger partial charge on any atom is -0.465 e. The summed E-state index contributed by atoms with van der Waals surface area (Å²) in [6, 6.07) is 7.18. The van der Waals surface area contributed by atoms with Gasteiger partial charge in [-0.25, -0.2) is 13.2 Å². The molecule has 0 fully saturated rings. The van der Waals surface area contributed by atoms with E-state index in [-0.39, 0.29) is 5.97 Å². The Labute approximate surface area is 122 Å². The van der Waals surface area contributed by atoms with E-state index in [1.54, 1.807) is 26.0 Å². The molecule has 0 spiro atoms. The van der Waals surface area contributed by atoms with Crippen molar-refractivity contribution < 1.29 is 17.9 Å². The fourth-order valence-corrected chi connectivity index (χ4v) is 3.35. The Balaban J connectivity index is 2.57. The van der Waals surface area contributed by atoms with Crippen LogP contribution in [0.3, 0.4) is 0 Å². The minimum absolute atomic E-state index is 0.380. The summed E-state index contributed by atoms with van der Waals surface area (Å²) >= 11 is 1.33. The molecule has 4 nitrogen and oxygen atoms in total. The lowest BCUT2D eigenvalue weighted by Crippen LogP contribution is -2.27. The molecule has 0 atom stereocenters. The summed E-state index contributed by atoms with van der Waals surface area (Å²) in [6.07, 6.45) is 1.23. The van der Waals surface area contributed by atoms with Crippen LogP contribution in [-0.2, 0) is 19.3 Å². The highest BCUT2D eigenvalue weighted by Crippen LogP contribution is 2.34. The number of hydrogen-bond donors (Lipinski definition) is 0. The molecule has 1 heterocycles. The molecule has 1 aromatic carbocycles. The Bertz CT molecular complexity index is 770. The van der Waals surface area contributed by atoms with E-state index in [2.05, 4.69) is 0 Å². The average Bonchev–Trinajstić information content (AvgIpc) is 2.79. The summed E-state index contributed by atoms with van der Waals surface area (Å²) < 4.78 is 28.4. The summed E-state index contributed by atoms with van der Waals surface area (Å²) in [5, 5.41) is 0.852. The molecular weight excluding hydrogens is 296 g/mol. The van der Waals surface area contributed by atoms with Gasteiger partial charge in [-0.2, -0.15) is 0 Å². The highest BCUT2D eigenvalue weighted by Gasteiger charge is 2.32. The largest absolute Gasteiger partial charge is 0.465 e. The number of methoxy groups -OCH3 is 1. The van der Waals surface area contributed by atoms with Gasteiger partial charge in [0.25, 0.3) is 0 Å². The maximum atomic E-state index is 11.9. The number of carbonyl (C=O) groups is 1. The third-order valence-corrected chi connectivity index (χ3v) is 6.71. The SMILES string of the molecule is COC(=O)c1cc2cc(C(C)(C)S(C)(=O)=O)ccc2s1. The van der Waals surface area contributed by atoms with Gasteiger partial charge in [-0.1, -0.05) is 6.07 Å². The maximum absolute atomic E-state index is 11.9. The Morgan fingerprint density at radius 2 is 1.90 bits per heavy atom. The van der Waals surface area contributed by atoms with Crippen molar-refractivity contribution in [3.63, 3.8) is 0 Å². The van der Waals surface area contributed by atoms with E-state index in [1.165, 1.54) is 24.7 Å². The molecular formula is C14H16O4S2. The van der Waals surface area contributed by atoms with Gasteiger partial charge in [-0.05, 0) is 43.0 Å². The number of benzene rings is 1. The predicted octanol–water partition coefficient (Wildman–Crippen LogP) is 2.97. The van der Waals surface area contributed by atoms with Crippen LogP contribution in [0.2, 0.25) is 0 Å². The molecule has 1 aromatic heterocycles. The highest BCUT2D eigenvalue weighted by molar-refractivity contribution is 7.91. The zero-order chi connectivity index (χ0) is 15.1. The lowest BCUT2D eigenvalue weighted by atomic mass is 10.0. The first-order valence-electron chi connectivity index (χ1n) is 5.99. The fourth-order valence-electron chi connectivity index (χ4n) is 1.83. The number of ether oxygens (including phenoxy) is 1. The van der Waals surface area contributed by atoms with Crippen LogP contribution in [0.5, 0.6) is 0 Å². The van der Waals surface area contributed by atoms with Crippen molar-refractivity contribution in [2.75, 3.05) is 13.4 Å². The first-order chi connectivity index (χ1) is 9.16. The van der Waals surface area contributed by atoms with E-state index in [4.69, 9.17) is 4.74 Å². The van der Waals surface area contributed by atoms with Gasteiger partial charge >= 0.3 is 5.97 Å². The predicted molar refractivity (Wildman–Crippen MR) is 81.0 cm³/mol. The van der Waals surface area contributed by atoms with Crippen LogP contribution >= 0.6 is 11.3 Å². The molecule has 0 bridgehead atoms. The van der Waals surface area contributed by atoms with Crippen LogP contribution in [0.4, 0.5) is 0 Å². The van der Waals surface area contributed by atoms with E-state index in [9.17, 15) is 13.2 Å². The molecule has 0 radical (unpaired) electrons. The summed E-state index contributed by atoms with van der Waals surface area (Å²) in [5.41, 5.74) is 0.710. The molecule has 0 N–H and O–H groups in total. The number of carbonyl (C=O) groups excluding carboxylic acids is 1. The van der Waals surface area contributed by atoms with Gasteiger partial charge in [-0.15, -0.1) is 11.3 Å². The molecule has 2 aromatic rings. The summed E-state index contributed by atoms with van der Waals surface area (Å²) in [4.78, 5) is 12.0. The lowest BCUT2D eigenvalue weighted by molar-refractivity contribution is 0.0606. The van der Waals surface area contributed by atoms with Crippen molar-refractivity contribution in [1.82, 2.24) is 0 Å². The molecule has 0 unspecified atom stereocenters. The normalized spacial score (nSPS) is 12.6. The van der Waals surface area contributed by atoms with E-state index >= 15 is 0 Å². The Morgan fingerprint density at radius 3 is 2.45 bits per heavy atom. The first kappa shape index (κ1) is 15.0. The minimum atomic E-state index is -3.23. The summed E-state index contributed by atoms with van der Waals surface area (Å²) in [5.74, 6) is -0.380. The number of fused-ring (bicyclic) bond motifs is 1. The second-order valence-corrected chi connectivity index (χ2v) is 8.79. The van der Waals surface area contributed by atoms with Gasteiger partial charge < -0.3 is 4.74 Å². The molecule has 20 heavy (non-hydrogen) atoms. The number of thiophene rings is 1. The Hall–Kier alpha value is -1.40. The molecule has 0 saturated heterocycles. The van der Waals surface area contributed by atoms with Crippen LogP contribution in [0.15, 0.2) is 24.3 Å². The summed E-state index contributed by atoms with van der Waals surface area (Å²) in [6.45, 7) is 3.36. The van der Waals surface area contributed by atoms with Crippen LogP contribution in [-0.4, -0.2) is 27.8 Å². The Kier molecular flexibility index (Phi) is 3.64. The molecule has 108 valence electrons. The van der Waals surface area contributed by atoms with Crippen molar-refractivity contribution >= 4 is 37.2 Å². The van der Waals surface area contributed by atoms with Gasteiger partial charge in [0.2, 0.25) is 0 Å². The van der Waals surface area contributed by atoms with E-state index in [0.29, 0.717) is 10.4 Å². The standard InChI is InChI=1S/C14H16O4S2/c1-14(2,20(4,16)17)10-5-6-11-9(7-10)8-12(19-11)13(15)18-3/h5-8H,1-4H3. The van der Waals surface area contributed by atoms with Gasteiger partial charge in [0, 0.05) is 11.0 Å². The van der Waals surface area contributed by atoms with Crippen molar-refractivity contribution in [2.45, 2.75) is 18.6 Å². The zero-order valence-electron chi connectivity index (χ0n) is 11.8. The smallest absolute Gasteiger partial charge is 0.348 e. The molecule has 0 aliphatic rings. The van der Waals surface area contributed by atoms with Crippen LogP contribution in [0.1, 0.15) is 29.1 Å². The number of rotatable bonds is 3. The van der Waals surface area contributed by atoms with E-state index in [1.807, 2.05) is 12.1 Å². The van der Waals surface area contributed by atoms with E-state index in [0.717, 1.165) is 10.1 Å². The van der Waals surface area contributed by atoms with Gasteiger partial charge in [0.15, 0.2) is 9.84 Å². The maximum Gasteiger partial charge on any atom is 0.348 e. The van der Waals surface area contributed by atoms with Crippen LogP contribution in [0.25, 0.3) is 10.1 Å². The topological polar surface area (TPSA) is 60.4 Å². The first-order valence-corrected chi connectivity index (χ1v) is 8.69. The fraction of sp³-hybridized carbons (Fsp3) is 0.357.